The van der Waals surface area contributed by atoms with Gasteiger partial charge in [-0.1, -0.05) is 0 Å². The molecule has 0 radical (unpaired) electrons. The molecule has 0 saturated carbocycles. The van der Waals surface area contributed by atoms with Crippen molar-refractivity contribution in [3.05, 3.63) is 33.9 Å². The molecule has 0 spiro atoms. The highest BCUT2D eigenvalue weighted by Crippen LogP contribution is 2.29. The molecule has 0 aliphatic carbocycles. The highest BCUT2D eigenvalue weighted by atomic mass is 16.6. The van der Waals surface area contributed by atoms with Gasteiger partial charge >= 0.3 is 0 Å². The molecule has 0 bridgehead atoms. The monoisotopic (exact) mass is 238 g/mol. The third kappa shape index (κ3) is 2.79. The highest BCUT2D eigenvalue weighted by Gasteiger charge is 2.20. The van der Waals surface area contributed by atoms with E-state index in [1.54, 1.807) is 18.9 Å². The first kappa shape index (κ1) is 13.1. The molecule has 1 atom stereocenters. The summed E-state index contributed by atoms with van der Waals surface area (Å²) in [5, 5.41) is 19.9. The predicted octanol–water partition coefficient (Wildman–Crippen LogP) is 1.22. The van der Waals surface area contributed by atoms with Crippen molar-refractivity contribution >= 4 is 17.7 Å². The van der Waals surface area contributed by atoms with Crippen LogP contribution in [0.15, 0.2) is 18.2 Å². The van der Waals surface area contributed by atoms with E-state index in [4.69, 9.17) is 5.11 Å². The Hall–Kier alpha value is -1.95. The third-order valence-corrected chi connectivity index (χ3v) is 2.64. The number of carbonyl (C=O) groups excluding carboxylic acids is 1. The lowest BCUT2D eigenvalue weighted by molar-refractivity contribution is -0.384. The topological polar surface area (TPSA) is 83.7 Å². The molecule has 92 valence electrons. The normalized spacial score (nSPS) is 11.9. The molecule has 1 aromatic carbocycles. The molecule has 17 heavy (non-hydrogen) atoms. The second-order valence-electron chi connectivity index (χ2n) is 3.77. The minimum atomic E-state index is -0.539. The molecule has 0 aliphatic rings. The number of benzene rings is 1. The van der Waals surface area contributed by atoms with Crippen molar-refractivity contribution in [2.45, 2.75) is 13.0 Å². The predicted molar refractivity (Wildman–Crippen MR) is 63.4 cm³/mol. The number of aliphatic hydroxyl groups excluding tert-OH is 1. The highest BCUT2D eigenvalue weighted by molar-refractivity contribution is 5.79. The molecule has 1 aromatic rings. The SMILES string of the molecule is CC(CO)N(C)c1ccc(C=O)cc1[N+](=O)[O-]. The molecular formula is C11H14N2O4. The third-order valence-electron chi connectivity index (χ3n) is 2.64. The van der Waals surface area contributed by atoms with Crippen LogP contribution >= 0.6 is 0 Å². The van der Waals surface area contributed by atoms with Gasteiger partial charge in [-0.2, -0.15) is 0 Å². The zero-order chi connectivity index (χ0) is 13.0. The van der Waals surface area contributed by atoms with E-state index in [1.807, 2.05) is 0 Å². The lowest BCUT2D eigenvalue weighted by atomic mass is 10.1. The fraction of sp³-hybridized carbons (Fsp3) is 0.364. The maximum atomic E-state index is 10.9. The summed E-state index contributed by atoms with van der Waals surface area (Å²) in [6, 6.07) is 4.00. The molecule has 6 heteroatoms. The van der Waals surface area contributed by atoms with Crippen LogP contribution in [0.5, 0.6) is 0 Å². The number of aldehydes is 1. The van der Waals surface area contributed by atoms with E-state index < -0.39 is 4.92 Å². The van der Waals surface area contributed by atoms with Gasteiger partial charge in [-0.25, -0.2) is 0 Å². The number of hydrogen-bond donors (Lipinski definition) is 1. The quantitative estimate of drug-likeness (QED) is 0.473. The first-order valence-electron chi connectivity index (χ1n) is 5.08. The Labute approximate surface area is 98.6 Å². The maximum absolute atomic E-state index is 10.9. The van der Waals surface area contributed by atoms with E-state index in [-0.39, 0.29) is 23.9 Å². The van der Waals surface area contributed by atoms with E-state index in [0.717, 1.165) is 0 Å². The van der Waals surface area contributed by atoms with Gasteiger partial charge in [-0.3, -0.25) is 14.9 Å². The van der Waals surface area contributed by atoms with Crippen molar-refractivity contribution in [3.63, 3.8) is 0 Å². The summed E-state index contributed by atoms with van der Waals surface area (Å²) >= 11 is 0. The van der Waals surface area contributed by atoms with E-state index in [1.165, 1.54) is 18.2 Å². The fourth-order valence-corrected chi connectivity index (χ4v) is 1.42. The summed E-state index contributed by atoms with van der Waals surface area (Å²) in [5.74, 6) is 0. The van der Waals surface area contributed by atoms with Gasteiger partial charge < -0.3 is 10.0 Å². The summed E-state index contributed by atoms with van der Waals surface area (Å²) in [6.07, 6.45) is 0.562. The van der Waals surface area contributed by atoms with Gasteiger partial charge in [0, 0.05) is 24.7 Å². The number of hydrogen-bond acceptors (Lipinski definition) is 5. The maximum Gasteiger partial charge on any atom is 0.293 e. The molecule has 1 rings (SSSR count). The molecule has 0 aliphatic heterocycles. The minimum Gasteiger partial charge on any atom is -0.394 e. The van der Waals surface area contributed by atoms with Crippen LogP contribution in [0, 0.1) is 10.1 Å². The number of nitro benzene ring substituents is 1. The Bertz CT molecular complexity index is 433. The number of rotatable bonds is 5. The van der Waals surface area contributed by atoms with Crippen LogP contribution in [-0.4, -0.2) is 36.0 Å². The molecule has 1 N–H and O–H groups in total. The Morgan fingerprint density at radius 2 is 2.24 bits per heavy atom. The molecule has 0 aromatic heterocycles. The number of carbonyl (C=O) groups is 1. The first-order valence-corrected chi connectivity index (χ1v) is 5.08. The van der Waals surface area contributed by atoms with Gasteiger partial charge in [0.05, 0.1) is 11.5 Å². The molecule has 0 saturated heterocycles. The Morgan fingerprint density at radius 3 is 2.71 bits per heavy atom. The summed E-state index contributed by atoms with van der Waals surface area (Å²) < 4.78 is 0. The average Bonchev–Trinajstić information content (AvgIpc) is 2.35. The number of anilines is 1. The smallest absolute Gasteiger partial charge is 0.293 e. The number of likely N-dealkylation sites (N-methyl/N-ethyl adjacent to an activating group) is 1. The van der Waals surface area contributed by atoms with Gasteiger partial charge in [0.15, 0.2) is 0 Å². The lowest BCUT2D eigenvalue weighted by Crippen LogP contribution is -2.32. The molecule has 0 amide bonds. The van der Waals surface area contributed by atoms with Crippen molar-refractivity contribution < 1.29 is 14.8 Å². The first-order chi connectivity index (χ1) is 8.01. The van der Waals surface area contributed by atoms with E-state index >= 15 is 0 Å². The zero-order valence-corrected chi connectivity index (χ0v) is 9.66. The van der Waals surface area contributed by atoms with Crippen molar-refractivity contribution in [2.75, 3.05) is 18.6 Å². The Kier molecular flexibility index (Phi) is 4.17. The molecule has 0 fully saturated rings. The van der Waals surface area contributed by atoms with Crippen LogP contribution in [0.3, 0.4) is 0 Å². The second kappa shape index (κ2) is 5.40. The van der Waals surface area contributed by atoms with Crippen molar-refractivity contribution in [1.29, 1.82) is 0 Å². The minimum absolute atomic E-state index is 0.108. The van der Waals surface area contributed by atoms with Crippen LogP contribution in [-0.2, 0) is 0 Å². The van der Waals surface area contributed by atoms with Crippen molar-refractivity contribution in [3.8, 4) is 0 Å². The van der Waals surface area contributed by atoms with Gasteiger partial charge in [0.25, 0.3) is 5.69 Å². The van der Waals surface area contributed by atoms with Gasteiger partial charge in [0.2, 0.25) is 0 Å². The van der Waals surface area contributed by atoms with Gasteiger partial charge in [-0.05, 0) is 19.1 Å². The number of aliphatic hydroxyl groups is 1. The van der Waals surface area contributed by atoms with Crippen molar-refractivity contribution in [1.82, 2.24) is 0 Å². The zero-order valence-electron chi connectivity index (χ0n) is 9.66. The van der Waals surface area contributed by atoms with Crippen LogP contribution < -0.4 is 4.90 Å². The fourth-order valence-electron chi connectivity index (χ4n) is 1.42. The van der Waals surface area contributed by atoms with E-state index in [0.29, 0.717) is 12.0 Å². The summed E-state index contributed by atoms with van der Waals surface area (Å²) in [7, 11) is 1.66. The number of nitrogens with zero attached hydrogens (tertiary/aromatic N) is 2. The van der Waals surface area contributed by atoms with Gasteiger partial charge in [0.1, 0.15) is 12.0 Å². The lowest BCUT2D eigenvalue weighted by Gasteiger charge is -2.24. The Morgan fingerprint density at radius 1 is 1.59 bits per heavy atom. The Balaban J connectivity index is 3.23. The van der Waals surface area contributed by atoms with Gasteiger partial charge in [-0.15, -0.1) is 0 Å². The van der Waals surface area contributed by atoms with Crippen LogP contribution in [0.1, 0.15) is 17.3 Å². The summed E-state index contributed by atoms with van der Waals surface area (Å²) in [4.78, 5) is 22.5. The van der Waals surface area contributed by atoms with Crippen LogP contribution in [0.2, 0.25) is 0 Å². The summed E-state index contributed by atoms with van der Waals surface area (Å²) in [5.41, 5.74) is 0.491. The largest absolute Gasteiger partial charge is 0.394 e. The van der Waals surface area contributed by atoms with Crippen molar-refractivity contribution in [2.24, 2.45) is 0 Å². The number of nitro groups is 1. The van der Waals surface area contributed by atoms with E-state index in [9.17, 15) is 14.9 Å². The molecule has 0 heterocycles. The van der Waals surface area contributed by atoms with E-state index in [2.05, 4.69) is 0 Å². The van der Waals surface area contributed by atoms with Crippen LogP contribution in [0.4, 0.5) is 11.4 Å². The molecule has 1 unspecified atom stereocenters. The van der Waals surface area contributed by atoms with Crippen LogP contribution in [0.25, 0.3) is 0 Å². The second-order valence-corrected chi connectivity index (χ2v) is 3.77. The molecule has 6 nitrogen and oxygen atoms in total. The summed E-state index contributed by atoms with van der Waals surface area (Å²) in [6.45, 7) is 1.64. The standard InChI is InChI=1S/C11H14N2O4/c1-8(6-14)12(2)10-4-3-9(7-15)5-11(10)13(16)17/h3-5,7-8,14H,6H2,1-2H3. The average molecular weight is 238 g/mol. The molecular weight excluding hydrogens is 224 g/mol.